The summed E-state index contributed by atoms with van der Waals surface area (Å²) in [6.45, 7) is 1.11. The highest BCUT2D eigenvalue weighted by molar-refractivity contribution is 5.11. The summed E-state index contributed by atoms with van der Waals surface area (Å²) in [4.78, 5) is 4.44. The maximum Gasteiger partial charge on any atom is 0.194 e. The van der Waals surface area contributed by atoms with Crippen LogP contribution in [0, 0.1) is 11.8 Å². The minimum Gasteiger partial charge on any atom is -0.445 e. The average molecular weight is 246 g/mol. The standard InChI is InChI=1S/C15H22N2O/c1(5-16-13-3-4-13)2-15-17-9-14(18-15)12-7-10-6-11(10)8-12/h9-13,16H,1-8H2. The van der Waals surface area contributed by atoms with Crippen molar-refractivity contribution in [2.24, 2.45) is 11.8 Å². The summed E-state index contributed by atoms with van der Waals surface area (Å²) < 4.78 is 5.92. The Labute approximate surface area is 108 Å². The summed E-state index contributed by atoms with van der Waals surface area (Å²) in [5, 5.41) is 3.53. The second-order valence-electron chi connectivity index (χ2n) is 6.41. The third-order valence-electron chi connectivity index (χ3n) is 4.80. The average Bonchev–Trinajstić information content (AvgIpc) is 3.26. The van der Waals surface area contributed by atoms with Crippen molar-refractivity contribution in [3.05, 3.63) is 17.8 Å². The van der Waals surface area contributed by atoms with Crippen LogP contribution in [0.25, 0.3) is 0 Å². The molecule has 3 aliphatic rings. The van der Waals surface area contributed by atoms with Gasteiger partial charge in [0, 0.05) is 18.4 Å². The van der Waals surface area contributed by atoms with Crippen LogP contribution in [-0.4, -0.2) is 17.6 Å². The second kappa shape index (κ2) is 4.37. The Balaban J connectivity index is 1.25. The van der Waals surface area contributed by atoms with Gasteiger partial charge in [-0.05, 0) is 56.9 Å². The van der Waals surface area contributed by atoms with Gasteiger partial charge in [0.25, 0.3) is 0 Å². The molecule has 0 aromatic carbocycles. The zero-order valence-corrected chi connectivity index (χ0v) is 10.9. The molecule has 4 rings (SSSR count). The molecule has 18 heavy (non-hydrogen) atoms. The molecule has 1 heterocycles. The molecule has 0 bridgehead atoms. The smallest absolute Gasteiger partial charge is 0.194 e. The van der Waals surface area contributed by atoms with E-state index in [1.165, 1.54) is 32.1 Å². The Morgan fingerprint density at radius 1 is 1.22 bits per heavy atom. The molecule has 3 saturated carbocycles. The monoisotopic (exact) mass is 246 g/mol. The summed E-state index contributed by atoms with van der Waals surface area (Å²) in [6, 6.07) is 0.815. The van der Waals surface area contributed by atoms with Crippen LogP contribution in [0.5, 0.6) is 0 Å². The van der Waals surface area contributed by atoms with E-state index in [9.17, 15) is 0 Å². The maximum atomic E-state index is 5.92. The van der Waals surface area contributed by atoms with Gasteiger partial charge in [-0.2, -0.15) is 0 Å². The van der Waals surface area contributed by atoms with Gasteiger partial charge in [-0.3, -0.25) is 0 Å². The predicted molar refractivity (Wildman–Crippen MR) is 69.4 cm³/mol. The first-order valence-corrected chi connectivity index (χ1v) is 7.56. The minimum atomic E-state index is 0.680. The van der Waals surface area contributed by atoms with Crippen LogP contribution < -0.4 is 5.32 Å². The first kappa shape index (κ1) is 11.0. The van der Waals surface area contributed by atoms with Crippen molar-refractivity contribution in [1.82, 2.24) is 10.3 Å². The first-order chi connectivity index (χ1) is 8.88. The van der Waals surface area contributed by atoms with Crippen molar-refractivity contribution >= 4 is 0 Å². The van der Waals surface area contributed by atoms with Crippen LogP contribution >= 0.6 is 0 Å². The lowest BCUT2D eigenvalue weighted by Crippen LogP contribution is -2.17. The third-order valence-corrected chi connectivity index (χ3v) is 4.80. The lowest BCUT2D eigenvalue weighted by atomic mass is 10.0. The van der Waals surface area contributed by atoms with Crippen LogP contribution in [0.1, 0.15) is 56.1 Å². The number of nitrogens with one attached hydrogen (secondary N) is 1. The molecule has 1 aromatic rings. The van der Waals surface area contributed by atoms with Crippen molar-refractivity contribution in [2.45, 2.75) is 56.9 Å². The maximum absolute atomic E-state index is 5.92. The molecule has 3 fully saturated rings. The molecule has 1 aromatic heterocycles. The van der Waals surface area contributed by atoms with E-state index < -0.39 is 0 Å². The van der Waals surface area contributed by atoms with Gasteiger partial charge in [0.2, 0.25) is 0 Å². The highest BCUT2D eigenvalue weighted by atomic mass is 16.4. The van der Waals surface area contributed by atoms with E-state index >= 15 is 0 Å². The van der Waals surface area contributed by atoms with Gasteiger partial charge >= 0.3 is 0 Å². The largest absolute Gasteiger partial charge is 0.445 e. The molecule has 2 unspecified atom stereocenters. The zero-order chi connectivity index (χ0) is 11.9. The highest BCUT2D eigenvalue weighted by Crippen LogP contribution is 2.57. The van der Waals surface area contributed by atoms with Crippen LogP contribution in [0.2, 0.25) is 0 Å². The Kier molecular flexibility index (Phi) is 2.68. The van der Waals surface area contributed by atoms with Gasteiger partial charge in [-0.1, -0.05) is 0 Å². The van der Waals surface area contributed by atoms with E-state index in [4.69, 9.17) is 4.42 Å². The molecular formula is C15H22N2O. The number of fused-ring (bicyclic) bond motifs is 1. The van der Waals surface area contributed by atoms with E-state index in [1.807, 2.05) is 6.20 Å². The van der Waals surface area contributed by atoms with E-state index in [0.717, 1.165) is 48.9 Å². The molecule has 1 N–H and O–H groups in total. The molecule has 0 saturated heterocycles. The number of hydrogen-bond donors (Lipinski definition) is 1. The molecule has 3 nitrogen and oxygen atoms in total. The lowest BCUT2D eigenvalue weighted by molar-refractivity contribution is 0.407. The quantitative estimate of drug-likeness (QED) is 0.784. The number of rotatable bonds is 6. The number of aromatic nitrogens is 1. The summed E-state index contributed by atoms with van der Waals surface area (Å²) in [6.07, 6.45) is 11.0. The van der Waals surface area contributed by atoms with Gasteiger partial charge in [0.1, 0.15) is 5.76 Å². The van der Waals surface area contributed by atoms with Crippen LogP contribution in [-0.2, 0) is 6.42 Å². The molecule has 0 aliphatic heterocycles. The number of nitrogens with zero attached hydrogens (tertiary/aromatic N) is 1. The molecule has 98 valence electrons. The molecule has 3 aliphatic carbocycles. The van der Waals surface area contributed by atoms with Crippen LogP contribution in [0.15, 0.2) is 10.6 Å². The van der Waals surface area contributed by atoms with Crippen molar-refractivity contribution < 1.29 is 4.42 Å². The highest BCUT2D eigenvalue weighted by Gasteiger charge is 2.47. The van der Waals surface area contributed by atoms with E-state index in [0.29, 0.717) is 5.92 Å². The Morgan fingerprint density at radius 3 is 2.83 bits per heavy atom. The number of oxazole rings is 1. The van der Waals surface area contributed by atoms with Gasteiger partial charge in [-0.25, -0.2) is 4.98 Å². The van der Waals surface area contributed by atoms with Crippen molar-refractivity contribution in [2.75, 3.05) is 6.54 Å². The van der Waals surface area contributed by atoms with Gasteiger partial charge in [0.15, 0.2) is 5.89 Å². The lowest BCUT2D eigenvalue weighted by Gasteiger charge is -2.06. The SMILES string of the molecule is c1nc(CCCNC2CC2)oc1C1CC2CC2C1. The van der Waals surface area contributed by atoms with Crippen molar-refractivity contribution in [3.63, 3.8) is 0 Å². The summed E-state index contributed by atoms with van der Waals surface area (Å²) in [7, 11) is 0. The molecule has 2 atom stereocenters. The molecule has 0 spiro atoms. The summed E-state index contributed by atoms with van der Waals surface area (Å²) in [5.41, 5.74) is 0. The van der Waals surface area contributed by atoms with Crippen molar-refractivity contribution in [3.8, 4) is 0 Å². The first-order valence-electron chi connectivity index (χ1n) is 7.56. The fourth-order valence-corrected chi connectivity index (χ4v) is 3.41. The summed E-state index contributed by atoms with van der Waals surface area (Å²) in [5.74, 6) is 4.83. The Morgan fingerprint density at radius 2 is 2.06 bits per heavy atom. The van der Waals surface area contributed by atoms with Gasteiger partial charge < -0.3 is 9.73 Å². The Bertz CT molecular complexity index is 414. The fourth-order valence-electron chi connectivity index (χ4n) is 3.41. The summed E-state index contributed by atoms with van der Waals surface area (Å²) >= 11 is 0. The topological polar surface area (TPSA) is 38.1 Å². The normalized spacial score (nSPS) is 33.7. The fraction of sp³-hybridized carbons (Fsp3) is 0.800. The van der Waals surface area contributed by atoms with E-state index in [2.05, 4.69) is 10.3 Å². The molecular weight excluding hydrogens is 224 g/mol. The predicted octanol–water partition coefficient (Wildman–Crippen LogP) is 2.87. The minimum absolute atomic E-state index is 0.680. The molecule has 0 amide bonds. The third kappa shape index (κ3) is 2.33. The van der Waals surface area contributed by atoms with E-state index in [1.54, 1.807) is 0 Å². The van der Waals surface area contributed by atoms with Crippen LogP contribution in [0.4, 0.5) is 0 Å². The molecule has 0 radical (unpaired) electrons. The van der Waals surface area contributed by atoms with Gasteiger partial charge in [0.05, 0.1) is 6.20 Å². The molecule has 3 heteroatoms. The zero-order valence-electron chi connectivity index (χ0n) is 10.9. The van der Waals surface area contributed by atoms with E-state index in [-0.39, 0.29) is 0 Å². The van der Waals surface area contributed by atoms with Gasteiger partial charge in [-0.15, -0.1) is 0 Å². The Hall–Kier alpha value is -0.830. The second-order valence-corrected chi connectivity index (χ2v) is 6.41. The number of hydrogen-bond acceptors (Lipinski definition) is 3. The van der Waals surface area contributed by atoms with Crippen LogP contribution in [0.3, 0.4) is 0 Å². The number of aryl methyl sites for hydroxylation is 1. The van der Waals surface area contributed by atoms with Crippen molar-refractivity contribution in [1.29, 1.82) is 0 Å².